The third-order valence-corrected chi connectivity index (χ3v) is 6.92. The van der Waals surface area contributed by atoms with Gasteiger partial charge in [0.15, 0.2) is 5.60 Å². The molecule has 14 nitrogen and oxygen atoms in total. The fourth-order valence-electron chi connectivity index (χ4n) is 3.37. The maximum atomic E-state index is 14.1. The van der Waals surface area contributed by atoms with Gasteiger partial charge in [0, 0.05) is 24.1 Å². The van der Waals surface area contributed by atoms with Crippen molar-refractivity contribution in [1.82, 2.24) is 15.6 Å². The molecule has 9 N–H and O–H groups in total. The van der Waals surface area contributed by atoms with Gasteiger partial charge in [0.05, 0.1) is 5.25 Å². The van der Waals surface area contributed by atoms with Crippen LogP contribution in [0.15, 0.2) is 42.3 Å². The molecule has 4 atom stereocenters. The standard InChI is InChI=1S/C23H26F3N5O9S/c24-23(25,26)22(40)8-11(30-18-12(20(36)37)2-1-7-28-18)3-5-15(22)41-10-14(19(35)29-9-17(33)34)31-16(32)6-4-13(27)21(38)39/h1-3,5,7-8,13-15,40H,4,6,9-10,27H2,(H,28,30)(H,29,35)(H,31,32)(H,33,34)(H,36,37)(H,38,39). The Morgan fingerprint density at radius 3 is 2.44 bits per heavy atom. The topological polar surface area (TPSA) is 241 Å². The van der Waals surface area contributed by atoms with Crippen LogP contribution in [0.2, 0.25) is 0 Å². The van der Waals surface area contributed by atoms with Crippen LogP contribution in [0, 0.1) is 0 Å². The fourth-order valence-corrected chi connectivity index (χ4v) is 4.65. The summed E-state index contributed by atoms with van der Waals surface area (Å²) >= 11 is 0.409. The number of amides is 2. The SMILES string of the molecule is NC(CCC(=O)NC(CSC1C=CC(Nc2ncccc2C(=O)O)=CC1(O)C(F)(F)F)C(=O)NCC(=O)O)C(=O)O. The number of carbonyl (C=O) groups is 5. The first-order chi connectivity index (χ1) is 19.0. The van der Waals surface area contributed by atoms with Gasteiger partial charge < -0.3 is 42.1 Å². The van der Waals surface area contributed by atoms with E-state index >= 15 is 0 Å². The molecule has 0 bridgehead atoms. The number of aromatic carboxylic acids is 1. The summed E-state index contributed by atoms with van der Waals surface area (Å²) in [6, 6.07) is -0.496. The van der Waals surface area contributed by atoms with Crippen molar-refractivity contribution >= 4 is 47.3 Å². The molecule has 18 heteroatoms. The second-order valence-electron chi connectivity index (χ2n) is 8.58. The number of nitrogens with two attached hydrogens (primary N) is 1. The Hall–Kier alpha value is -4.16. The molecule has 0 saturated carbocycles. The highest BCUT2D eigenvalue weighted by molar-refractivity contribution is 8.00. The predicted molar refractivity (Wildman–Crippen MR) is 137 cm³/mol. The number of hydrogen-bond acceptors (Lipinski definition) is 10. The molecule has 0 aromatic carbocycles. The van der Waals surface area contributed by atoms with E-state index in [4.69, 9.17) is 15.9 Å². The number of aromatic nitrogens is 1. The average Bonchev–Trinajstić information content (AvgIpc) is 2.88. The number of aliphatic carboxylic acids is 2. The van der Waals surface area contributed by atoms with E-state index in [1.54, 1.807) is 0 Å². The third-order valence-electron chi connectivity index (χ3n) is 5.52. The molecule has 0 spiro atoms. The molecule has 1 aliphatic rings. The molecule has 224 valence electrons. The zero-order valence-electron chi connectivity index (χ0n) is 20.9. The van der Waals surface area contributed by atoms with Gasteiger partial charge in [0.2, 0.25) is 11.8 Å². The Kier molecular flexibility index (Phi) is 11.2. The molecule has 0 radical (unpaired) electrons. The van der Waals surface area contributed by atoms with E-state index in [-0.39, 0.29) is 23.5 Å². The lowest BCUT2D eigenvalue weighted by Gasteiger charge is -2.36. The second-order valence-corrected chi connectivity index (χ2v) is 9.76. The number of thioether (sulfide) groups is 1. The van der Waals surface area contributed by atoms with Crippen molar-refractivity contribution in [2.24, 2.45) is 5.73 Å². The molecule has 41 heavy (non-hydrogen) atoms. The number of aliphatic hydroxyl groups is 1. The van der Waals surface area contributed by atoms with Crippen LogP contribution < -0.4 is 21.7 Å². The summed E-state index contributed by atoms with van der Waals surface area (Å²) in [5.41, 5.74) is 1.12. The summed E-state index contributed by atoms with van der Waals surface area (Å²) in [6.45, 7) is -0.862. The molecule has 1 aliphatic carbocycles. The molecule has 0 fully saturated rings. The van der Waals surface area contributed by atoms with Gasteiger partial charge in [0.25, 0.3) is 0 Å². The third kappa shape index (κ3) is 9.19. The molecular weight excluding hydrogens is 579 g/mol. The summed E-state index contributed by atoms with van der Waals surface area (Å²) in [4.78, 5) is 61.6. The normalized spacial score (nSPS) is 19.8. The summed E-state index contributed by atoms with van der Waals surface area (Å²) in [6.07, 6.45) is -2.35. The van der Waals surface area contributed by atoms with Crippen LogP contribution in [0.1, 0.15) is 23.2 Å². The first-order valence-electron chi connectivity index (χ1n) is 11.6. The summed E-state index contributed by atoms with van der Waals surface area (Å²) in [5, 5.41) is 42.5. The Morgan fingerprint density at radius 1 is 1.17 bits per heavy atom. The maximum Gasteiger partial charge on any atom is 0.422 e. The first kappa shape index (κ1) is 33.0. The van der Waals surface area contributed by atoms with E-state index in [0.717, 1.165) is 12.2 Å². The molecule has 4 unspecified atom stereocenters. The minimum atomic E-state index is -5.26. The van der Waals surface area contributed by atoms with Crippen molar-refractivity contribution in [3.8, 4) is 0 Å². The lowest BCUT2D eigenvalue weighted by atomic mass is 9.92. The van der Waals surface area contributed by atoms with Crippen molar-refractivity contribution in [2.75, 3.05) is 17.6 Å². The largest absolute Gasteiger partial charge is 0.480 e. The minimum absolute atomic E-state index is 0.285. The van der Waals surface area contributed by atoms with Crippen molar-refractivity contribution in [3.05, 3.63) is 47.8 Å². The number of hydrogen-bond donors (Lipinski definition) is 8. The fraction of sp³-hybridized carbons (Fsp3) is 0.391. The number of nitrogens with zero attached hydrogens (tertiary/aromatic N) is 1. The van der Waals surface area contributed by atoms with Crippen LogP contribution in [0.3, 0.4) is 0 Å². The Labute approximate surface area is 233 Å². The van der Waals surface area contributed by atoms with E-state index in [0.29, 0.717) is 17.8 Å². The van der Waals surface area contributed by atoms with Crippen molar-refractivity contribution < 1.29 is 57.6 Å². The molecule has 1 heterocycles. The summed E-state index contributed by atoms with van der Waals surface area (Å²) < 4.78 is 42.3. The van der Waals surface area contributed by atoms with Crippen LogP contribution in [0.4, 0.5) is 19.0 Å². The number of halogens is 3. The zero-order valence-corrected chi connectivity index (χ0v) is 21.7. The number of rotatable bonds is 14. The quantitative estimate of drug-likeness (QED) is 0.139. The second kappa shape index (κ2) is 14.0. The highest BCUT2D eigenvalue weighted by Gasteiger charge is 2.58. The van der Waals surface area contributed by atoms with Gasteiger partial charge >= 0.3 is 24.1 Å². The number of alkyl halides is 3. The molecule has 1 aromatic heterocycles. The Balaban J connectivity index is 2.24. The molecular formula is C23H26F3N5O9S. The Bertz CT molecular complexity index is 1240. The van der Waals surface area contributed by atoms with E-state index < -0.39 is 77.6 Å². The van der Waals surface area contributed by atoms with Gasteiger partial charge in [0.1, 0.15) is 30.0 Å². The average molecular weight is 606 g/mol. The van der Waals surface area contributed by atoms with Crippen LogP contribution in [-0.4, -0.2) is 96.5 Å². The number of nitrogens with one attached hydrogen (secondary N) is 3. The van der Waals surface area contributed by atoms with Crippen LogP contribution in [0.25, 0.3) is 0 Å². The lowest BCUT2D eigenvalue weighted by Crippen LogP contribution is -2.54. The van der Waals surface area contributed by atoms with Gasteiger partial charge in [-0.15, -0.1) is 11.8 Å². The number of carbonyl (C=O) groups excluding carboxylic acids is 2. The van der Waals surface area contributed by atoms with E-state index in [9.17, 15) is 47.4 Å². The number of carboxylic acids is 3. The van der Waals surface area contributed by atoms with Crippen molar-refractivity contribution in [1.29, 1.82) is 0 Å². The highest BCUT2D eigenvalue weighted by atomic mass is 32.2. The molecule has 1 aromatic rings. The molecule has 0 aliphatic heterocycles. The molecule has 0 saturated heterocycles. The lowest BCUT2D eigenvalue weighted by molar-refractivity contribution is -0.236. The van der Waals surface area contributed by atoms with Crippen molar-refractivity contribution in [3.63, 3.8) is 0 Å². The predicted octanol–water partition coefficient (Wildman–Crippen LogP) is -0.0817. The van der Waals surface area contributed by atoms with Gasteiger partial charge in [-0.1, -0.05) is 6.08 Å². The smallest absolute Gasteiger partial charge is 0.422 e. The van der Waals surface area contributed by atoms with Gasteiger partial charge in [-0.3, -0.25) is 19.2 Å². The summed E-state index contributed by atoms with van der Waals surface area (Å²) in [5.74, 6) is -7.01. The van der Waals surface area contributed by atoms with E-state index in [1.807, 2.05) is 5.32 Å². The van der Waals surface area contributed by atoms with Gasteiger partial charge in [-0.2, -0.15) is 13.2 Å². The monoisotopic (exact) mass is 605 g/mol. The van der Waals surface area contributed by atoms with Crippen molar-refractivity contribution in [2.45, 2.75) is 42.0 Å². The zero-order chi connectivity index (χ0) is 31.0. The number of allylic oxidation sites excluding steroid dienone is 1. The Morgan fingerprint density at radius 2 is 1.85 bits per heavy atom. The number of anilines is 1. The number of carboxylic acid groups (broad SMARTS) is 3. The van der Waals surface area contributed by atoms with Crippen LogP contribution >= 0.6 is 11.8 Å². The number of pyridine rings is 1. The van der Waals surface area contributed by atoms with E-state index in [1.165, 1.54) is 18.3 Å². The van der Waals surface area contributed by atoms with Gasteiger partial charge in [-0.25, -0.2) is 9.78 Å². The summed E-state index contributed by atoms with van der Waals surface area (Å²) in [7, 11) is 0. The molecule has 2 rings (SSSR count). The van der Waals surface area contributed by atoms with Gasteiger partial charge in [-0.05, 0) is 30.7 Å². The minimum Gasteiger partial charge on any atom is -0.480 e. The molecule has 2 amide bonds. The van der Waals surface area contributed by atoms with E-state index in [2.05, 4.69) is 15.6 Å². The highest BCUT2D eigenvalue weighted by Crippen LogP contribution is 2.43. The van der Waals surface area contributed by atoms with Crippen LogP contribution in [0.5, 0.6) is 0 Å². The maximum absolute atomic E-state index is 14.1. The van der Waals surface area contributed by atoms with Crippen LogP contribution in [-0.2, 0) is 19.2 Å². The first-order valence-corrected chi connectivity index (χ1v) is 12.6.